The fourth-order valence-corrected chi connectivity index (χ4v) is 2.76. The van der Waals surface area contributed by atoms with Crippen molar-refractivity contribution < 1.29 is 0 Å². The Bertz CT molecular complexity index is 382. The molecule has 0 amide bonds. The molecule has 0 aromatic carbocycles. The molecule has 0 radical (unpaired) electrons. The van der Waals surface area contributed by atoms with Crippen molar-refractivity contribution in [1.29, 1.82) is 0 Å². The second-order valence-electron chi connectivity index (χ2n) is 5.16. The Morgan fingerprint density at radius 1 is 1.53 bits per heavy atom. The molecule has 17 heavy (non-hydrogen) atoms. The molecule has 2 rings (SSSR count). The van der Waals surface area contributed by atoms with Gasteiger partial charge in [0.1, 0.15) is 0 Å². The topological polar surface area (TPSA) is 43.8 Å². The lowest BCUT2D eigenvalue weighted by atomic mass is 9.80. The molecular formula is C13H22ClN3. The van der Waals surface area contributed by atoms with Gasteiger partial charge in [-0.1, -0.05) is 30.9 Å². The standard InChI is InChI=1S/C13H22ClN3/c1-3-17-12(13(14)9(2)16-17)8-11(15)7-10-5-4-6-10/h10-11H,3-8,15H2,1-2H3. The highest BCUT2D eigenvalue weighted by atomic mass is 35.5. The third-order valence-corrected chi connectivity index (χ3v) is 4.26. The van der Waals surface area contributed by atoms with E-state index in [1.807, 2.05) is 11.6 Å². The molecule has 0 saturated heterocycles. The quantitative estimate of drug-likeness (QED) is 0.879. The highest BCUT2D eigenvalue weighted by Gasteiger charge is 2.22. The van der Waals surface area contributed by atoms with Crippen molar-refractivity contribution in [2.45, 2.75) is 58.5 Å². The highest BCUT2D eigenvalue weighted by molar-refractivity contribution is 6.31. The SMILES string of the molecule is CCn1nc(C)c(Cl)c1CC(N)CC1CCC1. The van der Waals surface area contributed by atoms with Gasteiger partial charge < -0.3 is 5.73 Å². The molecule has 4 heteroatoms. The summed E-state index contributed by atoms with van der Waals surface area (Å²) in [6, 6.07) is 0.221. The summed E-state index contributed by atoms with van der Waals surface area (Å²) in [4.78, 5) is 0. The lowest BCUT2D eigenvalue weighted by molar-refractivity contribution is 0.274. The van der Waals surface area contributed by atoms with Gasteiger partial charge in [-0.05, 0) is 26.2 Å². The number of hydrogen-bond donors (Lipinski definition) is 1. The molecule has 2 N–H and O–H groups in total. The molecule has 3 nitrogen and oxygen atoms in total. The molecule has 96 valence electrons. The van der Waals surface area contributed by atoms with Crippen molar-refractivity contribution in [2.75, 3.05) is 0 Å². The third-order valence-electron chi connectivity index (χ3n) is 3.77. The van der Waals surface area contributed by atoms with E-state index in [0.717, 1.165) is 41.7 Å². The maximum atomic E-state index is 6.28. The molecule has 1 saturated carbocycles. The first-order valence-corrected chi connectivity index (χ1v) is 6.97. The summed E-state index contributed by atoms with van der Waals surface area (Å²) in [6.07, 6.45) is 6.07. The number of halogens is 1. The van der Waals surface area contributed by atoms with Crippen molar-refractivity contribution in [3.63, 3.8) is 0 Å². The minimum atomic E-state index is 0.221. The van der Waals surface area contributed by atoms with E-state index in [1.165, 1.54) is 19.3 Å². The minimum Gasteiger partial charge on any atom is -0.327 e. The average Bonchev–Trinajstić information content (AvgIpc) is 2.51. The summed E-state index contributed by atoms with van der Waals surface area (Å²) in [5.74, 6) is 0.850. The summed E-state index contributed by atoms with van der Waals surface area (Å²) in [7, 11) is 0. The Hall–Kier alpha value is -0.540. The normalized spacial score (nSPS) is 18.1. The van der Waals surface area contributed by atoms with Crippen molar-refractivity contribution in [3.8, 4) is 0 Å². The van der Waals surface area contributed by atoms with Crippen LogP contribution in [-0.2, 0) is 13.0 Å². The number of nitrogens with zero attached hydrogens (tertiary/aromatic N) is 2. The largest absolute Gasteiger partial charge is 0.327 e. The molecule has 1 atom stereocenters. The fraction of sp³-hybridized carbons (Fsp3) is 0.769. The van der Waals surface area contributed by atoms with Crippen LogP contribution in [-0.4, -0.2) is 15.8 Å². The Balaban J connectivity index is 2.00. The van der Waals surface area contributed by atoms with E-state index < -0.39 is 0 Å². The van der Waals surface area contributed by atoms with Gasteiger partial charge >= 0.3 is 0 Å². The van der Waals surface area contributed by atoms with Crippen LogP contribution in [0.3, 0.4) is 0 Å². The van der Waals surface area contributed by atoms with Gasteiger partial charge in [-0.3, -0.25) is 4.68 Å². The molecule has 0 bridgehead atoms. The number of aryl methyl sites for hydroxylation is 2. The smallest absolute Gasteiger partial charge is 0.0847 e. The fourth-order valence-electron chi connectivity index (χ4n) is 2.55. The molecule has 1 heterocycles. The van der Waals surface area contributed by atoms with Crippen LogP contribution in [0, 0.1) is 12.8 Å². The summed E-state index contributed by atoms with van der Waals surface area (Å²) >= 11 is 6.28. The van der Waals surface area contributed by atoms with Gasteiger partial charge in [-0.2, -0.15) is 5.10 Å². The van der Waals surface area contributed by atoms with Gasteiger partial charge in [0.05, 0.1) is 16.4 Å². The van der Waals surface area contributed by atoms with E-state index >= 15 is 0 Å². The van der Waals surface area contributed by atoms with E-state index in [9.17, 15) is 0 Å². The molecule has 1 fully saturated rings. The van der Waals surface area contributed by atoms with Crippen LogP contribution in [0.15, 0.2) is 0 Å². The van der Waals surface area contributed by atoms with Crippen LogP contribution in [0.2, 0.25) is 5.02 Å². The van der Waals surface area contributed by atoms with E-state index in [4.69, 9.17) is 17.3 Å². The predicted molar refractivity (Wildman–Crippen MR) is 71.3 cm³/mol. The zero-order valence-electron chi connectivity index (χ0n) is 10.7. The minimum absolute atomic E-state index is 0.221. The second kappa shape index (κ2) is 5.40. The van der Waals surface area contributed by atoms with Gasteiger partial charge in [0, 0.05) is 19.0 Å². The molecule has 1 unspecified atom stereocenters. The van der Waals surface area contributed by atoms with E-state index in [1.54, 1.807) is 0 Å². The third kappa shape index (κ3) is 2.83. The van der Waals surface area contributed by atoms with Gasteiger partial charge in [0.25, 0.3) is 0 Å². The molecule has 1 aromatic heterocycles. The monoisotopic (exact) mass is 255 g/mol. The van der Waals surface area contributed by atoms with Crippen LogP contribution < -0.4 is 5.73 Å². The summed E-state index contributed by atoms with van der Waals surface area (Å²) in [6.45, 7) is 4.90. The van der Waals surface area contributed by atoms with Gasteiger partial charge in [0.2, 0.25) is 0 Å². The molecule has 0 aliphatic heterocycles. The van der Waals surface area contributed by atoms with E-state index in [0.29, 0.717) is 0 Å². The van der Waals surface area contributed by atoms with Crippen LogP contribution >= 0.6 is 11.6 Å². The molecule has 1 aliphatic carbocycles. The maximum Gasteiger partial charge on any atom is 0.0847 e. The number of hydrogen-bond acceptors (Lipinski definition) is 2. The lowest BCUT2D eigenvalue weighted by Crippen LogP contribution is -2.29. The van der Waals surface area contributed by atoms with Crippen molar-refractivity contribution in [1.82, 2.24) is 9.78 Å². The molecule has 0 spiro atoms. The Kier molecular flexibility index (Phi) is 4.10. The highest BCUT2D eigenvalue weighted by Crippen LogP contribution is 2.31. The summed E-state index contributed by atoms with van der Waals surface area (Å²) in [5, 5.41) is 5.23. The van der Waals surface area contributed by atoms with E-state index in [-0.39, 0.29) is 6.04 Å². The first-order valence-electron chi connectivity index (χ1n) is 6.59. The zero-order chi connectivity index (χ0) is 12.4. The van der Waals surface area contributed by atoms with Crippen LogP contribution in [0.5, 0.6) is 0 Å². The predicted octanol–water partition coefficient (Wildman–Crippen LogP) is 2.92. The van der Waals surface area contributed by atoms with Crippen LogP contribution in [0.25, 0.3) is 0 Å². The Morgan fingerprint density at radius 2 is 2.24 bits per heavy atom. The van der Waals surface area contributed by atoms with Crippen LogP contribution in [0.1, 0.15) is 44.0 Å². The van der Waals surface area contributed by atoms with Crippen LogP contribution in [0.4, 0.5) is 0 Å². The van der Waals surface area contributed by atoms with Gasteiger partial charge in [0.15, 0.2) is 0 Å². The first-order chi connectivity index (χ1) is 8.11. The molecular weight excluding hydrogens is 234 g/mol. The molecule has 1 aromatic rings. The first kappa shape index (κ1) is 12.9. The van der Waals surface area contributed by atoms with E-state index in [2.05, 4.69) is 12.0 Å². The second-order valence-corrected chi connectivity index (χ2v) is 5.54. The number of aromatic nitrogens is 2. The van der Waals surface area contributed by atoms with Crippen molar-refractivity contribution in [3.05, 3.63) is 16.4 Å². The summed E-state index contributed by atoms with van der Waals surface area (Å²) in [5.41, 5.74) is 8.24. The maximum absolute atomic E-state index is 6.28. The number of rotatable bonds is 5. The number of nitrogens with two attached hydrogens (primary N) is 1. The summed E-state index contributed by atoms with van der Waals surface area (Å²) < 4.78 is 1.98. The van der Waals surface area contributed by atoms with Crippen molar-refractivity contribution in [2.24, 2.45) is 11.7 Å². The molecule has 1 aliphatic rings. The lowest BCUT2D eigenvalue weighted by Gasteiger charge is -2.28. The zero-order valence-corrected chi connectivity index (χ0v) is 11.5. The van der Waals surface area contributed by atoms with Gasteiger partial charge in [-0.15, -0.1) is 0 Å². The van der Waals surface area contributed by atoms with Gasteiger partial charge in [-0.25, -0.2) is 0 Å². The average molecular weight is 256 g/mol. The Morgan fingerprint density at radius 3 is 2.76 bits per heavy atom. The van der Waals surface area contributed by atoms with Crippen molar-refractivity contribution >= 4 is 11.6 Å². The Labute approximate surface area is 108 Å².